The molecule has 0 amide bonds. The number of hydrogen-bond acceptors (Lipinski definition) is 6. The van der Waals surface area contributed by atoms with Crippen LogP contribution in [0, 0.1) is 5.82 Å². The summed E-state index contributed by atoms with van der Waals surface area (Å²) in [6.45, 7) is 0. The highest BCUT2D eigenvalue weighted by Crippen LogP contribution is 2.31. The number of halogens is 2. The minimum absolute atomic E-state index is 0.146. The first-order valence-electron chi connectivity index (χ1n) is 7.67. The van der Waals surface area contributed by atoms with Crippen molar-refractivity contribution in [3.8, 4) is 11.3 Å². The lowest BCUT2D eigenvalue weighted by molar-refractivity contribution is 0.631. The minimum atomic E-state index is -0.422. The van der Waals surface area contributed by atoms with Gasteiger partial charge in [0, 0.05) is 28.4 Å². The molecule has 4 rings (SSSR count). The van der Waals surface area contributed by atoms with E-state index in [1.165, 1.54) is 18.2 Å². The zero-order valence-corrected chi connectivity index (χ0v) is 14.1. The molecular weight excluding hydrogens is 355 g/mol. The largest absolute Gasteiger partial charge is 0.368 e. The fraction of sp³-hybridized carbons (Fsp3) is 0. The number of hydrogen-bond donors (Lipinski definition) is 2. The molecule has 0 unspecified atom stereocenters. The summed E-state index contributed by atoms with van der Waals surface area (Å²) in [6.07, 6.45) is 3.17. The molecule has 6 nitrogen and oxygen atoms in total. The maximum absolute atomic E-state index is 14.3. The highest BCUT2D eigenvalue weighted by atomic mass is 35.5. The van der Waals surface area contributed by atoms with Gasteiger partial charge in [0.25, 0.3) is 0 Å². The molecule has 0 fully saturated rings. The van der Waals surface area contributed by atoms with Gasteiger partial charge in [0.1, 0.15) is 11.6 Å². The summed E-state index contributed by atoms with van der Waals surface area (Å²) in [5.74, 6) is 0.230. The zero-order valence-electron chi connectivity index (χ0n) is 13.3. The standard InChI is InChI=1S/C18H12ClFN6/c19-10-3-4-13(20)12(8-10)15-9-14(11-2-1-6-22-17(11)25-15)24-16-5-7-23-18(21)26-16/h1-9H,(H3,21,22,23,24,25,26). The number of nitrogen functional groups attached to an aromatic ring is 1. The first-order chi connectivity index (χ1) is 12.6. The normalized spacial score (nSPS) is 10.8. The van der Waals surface area contributed by atoms with Crippen LogP contribution >= 0.6 is 11.6 Å². The maximum atomic E-state index is 14.3. The van der Waals surface area contributed by atoms with Gasteiger partial charge in [-0.1, -0.05) is 11.6 Å². The second kappa shape index (κ2) is 6.53. The molecule has 0 aliphatic rings. The summed E-state index contributed by atoms with van der Waals surface area (Å²) in [5.41, 5.74) is 7.45. The molecule has 26 heavy (non-hydrogen) atoms. The van der Waals surface area contributed by atoms with Crippen LogP contribution in [-0.4, -0.2) is 19.9 Å². The van der Waals surface area contributed by atoms with Crippen molar-refractivity contribution in [1.29, 1.82) is 0 Å². The number of anilines is 3. The zero-order chi connectivity index (χ0) is 18.1. The molecule has 0 spiro atoms. The Hall–Kier alpha value is -3.32. The quantitative estimate of drug-likeness (QED) is 0.564. The Morgan fingerprint density at radius 1 is 1.00 bits per heavy atom. The molecule has 3 aromatic heterocycles. The molecule has 3 heterocycles. The molecule has 0 aliphatic carbocycles. The van der Waals surface area contributed by atoms with Crippen molar-refractivity contribution in [2.24, 2.45) is 0 Å². The summed E-state index contributed by atoms with van der Waals surface area (Å²) in [5, 5.41) is 4.34. The summed E-state index contributed by atoms with van der Waals surface area (Å²) < 4.78 is 14.3. The molecule has 0 saturated carbocycles. The molecule has 0 bridgehead atoms. The summed E-state index contributed by atoms with van der Waals surface area (Å²) in [6, 6.07) is 11.4. The first-order valence-corrected chi connectivity index (χ1v) is 8.05. The van der Waals surface area contributed by atoms with Crippen molar-refractivity contribution < 1.29 is 4.39 Å². The lowest BCUT2D eigenvalue weighted by atomic mass is 10.1. The highest BCUT2D eigenvalue weighted by Gasteiger charge is 2.13. The van der Waals surface area contributed by atoms with Crippen LogP contribution in [-0.2, 0) is 0 Å². The lowest BCUT2D eigenvalue weighted by Gasteiger charge is -2.12. The van der Waals surface area contributed by atoms with Crippen LogP contribution in [0.1, 0.15) is 0 Å². The van der Waals surface area contributed by atoms with Crippen LogP contribution in [0.25, 0.3) is 22.3 Å². The number of nitrogens with zero attached hydrogens (tertiary/aromatic N) is 4. The number of pyridine rings is 2. The van der Waals surface area contributed by atoms with Crippen LogP contribution < -0.4 is 11.1 Å². The molecule has 3 N–H and O–H groups in total. The van der Waals surface area contributed by atoms with Crippen molar-refractivity contribution in [2.75, 3.05) is 11.1 Å². The van der Waals surface area contributed by atoms with E-state index in [9.17, 15) is 4.39 Å². The minimum Gasteiger partial charge on any atom is -0.368 e. The first kappa shape index (κ1) is 16.2. The molecule has 8 heteroatoms. The molecule has 0 atom stereocenters. The molecule has 0 aliphatic heterocycles. The average molecular weight is 367 g/mol. The molecule has 1 aromatic carbocycles. The number of aromatic nitrogens is 4. The van der Waals surface area contributed by atoms with Crippen molar-refractivity contribution in [2.45, 2.75) is 0 Å². The van der Waals surface area contributed by atoms with Gasteiger partial charge in [0.05, 0.1) is 11.4 Å². The van der Waals surface area contributed by atoms with Gasteiger partial charge >= 0.3 is 0 Å². The Labute approximate surface area is 152 Å². The predicted octanol–water partition coefficient (Wildman–Crippen LogP) is 4.21. The van der Waals surface area contributed by atoms with Gasteiger partial charge in [-0.3, -0.25) is 0 Å². The molecule has 0 saturated heterocycles. The second-order valence-corrected chi connectivity index (χ2v) is 5.92. The number of nitrogens with one attached hydrogen (secondary N) is 1. The van der Waals surface area contributed by atoms with E-state index in [2.05, 4.69) is 25.3 Å². The van der Waals surface area contributed by atoms with Crippen LogP contribution in [0.5, 0.6) is 0 Å². The number of nitrogens with two attached hydrogens (primary N) is 1. The van der Waals surface area contributed by atoms with E-state index < -0.39 is 5.82 Å². The van der Waals surface area contributed by atoms with Gasteiger partial charge in [-0.15, -0.1) is 0 Å². The smallest absolute Gasteiger partial charge is 0.221 e. The lowest BCUT2D eigenvalue weighted by Crippen LogP contribution is -2.01. The van der Waals surface area contributed by atoms with Crippen molar-refractivity contribution in [3.05, 3.63) is 65.7 Å². The van der Waals surface area contributed by atoms with Crippen LogP contribution in [0.15, 0.2) is 54.9 Å². The molecular formula is C18H12ClFN6. The Morgan fingerprint density at radius 2 is 1.88 bits per heavy atom. The van der Waals surface area contributed by atoms with Gasteiger partial charge < -0.3 is 11.1 Å². The van der Waals surface area contributed by atoms with Gasteiger partial charge in [-0.05, 0) is 42.5 Å². The molecule has 4 aromatic rings. The summed E-state index contributed by atoms with van der Waals surface area (Å²) >= 11 is 6.02. The molecule has 128 valence electrons. The van der Waals surface area contributed by atoms with E-state index >= 15 is 0 Å². The number of benzene rings is 1. The fourth-order valence-electron chi connectivity index (χ4n) is 2.57. The predicted molar refractivity (Wildman–Crippen MR) is 99.7 cm³/mol. The van der Waals surface area contributed by atoms with E-state index in [-0.39, 0.29) is 11.5 Å². The van der Waals surface area contributed by atoms with E-state index in [1.807, 2.05) is 6.07 Å². The summed E-state index contributed by atoms with van der Waals surface area (Å²) in [7, 11) is 0. The maximum Gasteiger partial charge on any atom is 0.221 e. The number of rotatable bonds is 3. The fourth-order valence-corrected chi connectivity index (χ4v) is 2.75. The van der Waals surface area contributed by atoms with Gasteiger partial charge in [-0.25, -0.2) is 19.3 Å². The van der Waals surface area contributed by atoms with Crippen LogP contribution in [0.4, 0.5) is 21.8 Å². The van der Waals surface area contributed by atoms with E-state index in [4.69, 9.17) is 17.3 Å². The number of fused-ring (bicyclic) bond motifs is 1. The summed E-state index contributed by atoms with van der Waals surface area (Å²) in [4.78, 5) is 16.7. The van der Waals surface area contributed by atoms with Crippen molar-refractivity contribution in [3.63, 3.8) is 0 Å². The Morgan fingerprint density at radius 3 is 2.73 bits per heavy atom. The third-order valence-corrected chi connectivity index (χ3v) is 3.96. The molecule has 0 radical (unpaired) electrons. The van der Waals surface area contributed by atoms with Crippen LogP contribution in [0.3, 0.4) is 0 Å². The van der Waals surface area contributed by atoms with Gasteiger partial charge in [0.2, 0.25) is 5.95 Å². The van der Waals surface area contributed by atoms with Gasteiger partial charge in [-0.2, -0.15) is 4.98 Å². The SMILES string of the molecule is Nc1nccc(Nc2cc(-c3cc(Cl)ccc3F)nc3ncccc23)n1. The van der Waals surface area contributed by atoms with E-state index in [0.29, 0.717) is 27.9 Å². The highest BCUT2D eigenvalue weighted by molar-refractivity contribution is 6.30. The van der Waals surface area contributed by atoms with Crippen molar-refractivity contribution >= 4 is 40.1 Å². The Balaban J connectivity index is 1.90. The van der Waals surface area contributed by atoms with Crippen molar-refractivity contribution in [1.82, 2.24) is 19.9 Å². The monoisotopic (exact) mass is 366 g/mol. The third kappa shape index (κ3) is 3.12. The Kier molecular flexibility index (Phi) is 4.06. The van der Waals surface area contributed by atoms with E-state index in [1.54, 1.807) is 30.6 Å². The van der Waals surface area contributed by atoms with Crippen LogP contribution in [0.2, 0.25) is 5.02 Å². The third-order valence-electron chi connectivity index (χ3n) is 3.73. The average Bonchev–Trinajstić information content (AvgIpc) is 2.64. The van der Waals surface area contributed by atoms with E-state index in [0.717, 1.165) is 5.39 Å². The van der Waals surface area contributed by atoms with Gasteiger partial charge in [0.15, 0.2) is 5.65 Å². The second-order valence-electron chi connectivity index (χ2n) is 5.48. The Bertz CT molecular complexity index is 1120. The topological polar surface area (TPSA) is 89.6 Å².